The summed E-state index contributed by atoms with van der Waals surface area (Å²) in [5.41, 5.74) is 0.381. The lowest BCUT2D eigenvalue weighted by atomic mass is 10.2. The second-order valence-electron chi connectivity index (χ2n) is 5.35. The highest BCUT2D eigenvalue weighted by Crippen LogP contribution is 2.29. The molecule has 0 aliphatic carbocycles. The summed E-state index contributed by atoms with van der Waals surface area (Å²) in [4.78, 5) is 12.5. The van der Waals surface area contributed by atoms with Gasteiger partial charge in [0, 0.05) is 10.5 Å². The number of carbonyl (C=O) groups excluding carboxylic acids is 1. The van der Waals surface area contributed by atoms with Crippen LogP contribution in [0.3, 0.4) is 0 Å². The molecule has 0 saturated heterocycles. The van der Waals surface area contributed by atoms with Gasteiger partial charge in [0.1, 0.15) is 11.5 Å². The van der Waals surface area contributed by atoms with E-state index in [1.807, 2.05) is 0 Å². The van der Waals surface area contributed by atoms with Crippen LogP contribution in [0.2, 0.25) is 0 Å². The minimum absolute atomic E-state index is 0.0688. The van der Waals surface area contributed by atoms with Crippen LogP contribution in [-0.2, 0) is 14.8 Å². The first-order valence-corrected chi connectivity index (χ1v) is 9.85. The Morgan fingerprint density at radius 3 is 2.31 bits per heavy atom. The van der Waals surface area contributed by atoms with E-state index < -0.39 is 22.0 Å². The molecular formula is C17H19BrN2O5S. The molecule has 0 aromatic heterocycles. The molecule has 0 heterocycles. The third kappa shape index (κ3) is 4.96. The zero-order valence-corrected chi connectivity index (χ0v) is 16.8. The number of rotatable bonds is 7. The van der Waals surface area contributed by atoms with E-state index in [2.05, 4.69) is 26.0 Å². The lowest BCUT2D eigenvalue weighted by molar-refractivity contribution is -0.117. The Morgan fingerprint density at radius 1 is 1.08 bits per heavy atom. The molecule has 1 atom stereocenters. The molecule has 26 heavy (non-hydrogen) atoms. The van der Waals surface area contributed by atoms with Gasteiger partial charge in [-0.05, 0) is 43.3 Å². The molecule has 2 N–H and O–H groups in total. The van der Waals surface area contributed by atoms with Crippen molar-refractivity contribution in [1.29, 1.82) is 0 Å². The van der Waals surface area contributed by atoms with Gasteiger partial charge in [-0.3, -0.25) is 4.79 Å². The first-order chi connectivity index (χ1) is 12.3. The molecule has 0 radical (unpaired) electrons. The Kier molecular flexibility index (Phi) is 6.63. The number of halogens is 1. The van der Waals surface area contributed by atoms with Crippen LogP contribution in [0.4, 0.5) is 5.69 Å². The van der Waals surface area contributed by atoms with Gasteiger partial charge in [0.2, 0.25) is 15.9 Å². The predicted octanol–water partition coefficient (Wildman–Crippen LogP) is 2.77. The summed E-state index contributed by atoms with van der Waals surface area (Å²) in [6.45, 7) is 1.46. The van der Waals surface area contributed by atoms with E-state index in [9.17, 15) is 13.2 Å². The number of hydrogen-bond acceptors (Lipinski definition) is 5. The van der Waals surface area contributed by atoms with E-state index in [1.165, 1.54) is 33.3 Å². The van der Waals surface area contributed by atoms with E-state index in [4.69, 9.17) is 9.47 Å². The summed E-state index contributed by atoms with van der Waals surface area (Å²) >= 11 is 3.25. The maximum absolute atomic E-state index is 12.4. The summed E-state index contributed by atoms with van der Waals surface area (Å²) in [7, 11) is -0.858. The number of nitrogens with one attached hydrogen (secondary N) is 2. The Bertz CT molecular complexity index is 885. The molecule has 2 aromatic rings. The Morgan fingerprint density at radius 2 is 1.73 bits per heavy atom. The maximum atomic E-state index is 12.4. The SMILES string of the molecule is COc1ccc(OC)c(NC(=O)C(C)NS(=O)(=O)c2ccc(Br)cc2)c1. The highest BCUT2D eigenvalue weighted by Gasteiger charge is 2.23. The van der Waals surface area contributed by atoms with Gasteiger partial charge in [-0.1, -0.05) is 15.9 Å². The molecule has 0 aliphatic heterocycles. The van der Waals surface area contributed by atoms with Gasteiger partial charge in [-0.2, -0.15) is 4.72 Å². The van der Waals surface area contributed by atoms with Crippen molar-refractivity contribution in [2.45, 2.75) is 17.9 Å². The van der Waals surface area contributed by atoms with E-state index in [-0.39, 0.29) is 4.90 Å². The lowest BCUT2D eigenvalue weighted by Gasteiger charge is -2.16. The first kappa shape index (κ1) is 20.2. The molecular weight excluding hydrogens is 424 g/mol. The van der Waals surface area contributed by atoms with Crippen molar-refractivity contribution < 1.29 is 22.7 Å². The molecule has 0 aliphatic rings. The molecule has 140 valence electrons. The topological polar surface area (TPSA) is 93.7 Å². The number of hydrogen-bond donors (Lipinski definition) is 2. The van der Waals surface area contributed by atoms with Crippen LogP contribution in [0.1, 0.15) is 6.92 Å². The Labute approximate surface area is 160 Å². The normalized spacial score (nSPS) is 12.3. The zero-order valence-electron chi connectivity index (χ0n) is 14.4. The van der Waals surface area contributed by atoms with Crippen LogP contribution in [0.15, 0.2) is 51.8 Å². The van der Waals surface area contributed by atoms with Gasteiger partial charge in [-0.25, -0.2) is 8.42 Å². The lowest BCUT2D eigenvalue weighted by Crippen LogP contribution is -2.41. The fraction of sp³-hybridized carbons (Fsp3) is 0.235. The van der Waals surface area contributed by atoms with Crippen molar-refractivity contribution in [2.24, 2.45) is 0 Å². The number of benzene rings is 2. The summed E-state index contributed by atoms with van der Waals surface area (Å²) in [6, 6.07) is 10.0. The average Bonchev–Trinajstić information content (AvgIpc) is 2.61. The van der Waals surface area contributed by atoms with Crippen molar-refractivity contribution in [3.8, 4) is 11.5 Å². The Hall–Kier alpha value is -2.10. The molecule has 9 heteroatoms. The molecule has 0 fully saturated rings. The van der Waals surface area contributed by atoms with Crippen LogP contribution in [0.25, 0.3) is 0 Å². The van der Waals surface area contributed by atoms with Gasteiger partial charge in [-0.15, -0.1) is 0 Å². The number of methoxy groups -OCH3 is 2. The van der Waals surface area contributed by atoms with Gasteiger partial charge >= 0.3 is 0 Å². The number of amides is 1. The first-order valence-electron chi connectivity index (χ1n) is 7.57. The fourth-order valence-electron chi connectivity index (χ4n) is 2.12. The molecule has 1 amide bonds. The largest absolute Gasteiger partial charge is 0.497 e. The summed E-state index contributed by atoms with van der Waals surface area (Å²) in [5.74, 6) is 0.434. The van der Waals surface area contributed by atoms with Crippen LogP contribution < -0.4 is 19.5 Å². The monoisotopic (exact) mass is 442 g/mol. The van der Waals surface area contributed by atoms with Gasteiger partial charge in [0.05, 0.1) is 30.8 Å². The predicted molar refractivity (Wildman–Crippen MR) is 102 cm³/mol. The smallest absolute Gasteiger partial charge is 0.242 e. The van der Waals surface area contributed by atoms with E-state index in [1.54, 1.807) is 30.3 Å². The number of sulfonamides is 1. The molecule has 7 nitrogen and oxygen atoms in total. The van der Waals surface area contributed by atoms with Crippen molar-refractivity contribution in [3.05, 3.63) is 46.9 Å². The van der Waals surface area contributed by atoms with Gasteiger partial charge < -0.3 is 14.8 Å². The van der Waals surface area contributed by atoms with Crippen LogP contribution in [0, 0.1) is 0 Å². The molecule has 0 spiro atoms. The molecule has 2 rings (SSSR count). The summed E-state index contributed by atoms with van der Waals surface area (Å²) in [6.07, 6.45) is 0. The van der Waals surface area contributed by atoms with E-state index in [0.717, 1.165) is 4.47 Å². The third-order valence-corrected chi connectivity index (χ3v) is 5.60. The third-order valence-electron chi connectivity index (χ3n) is 3.51. The second-order valence-corrected chi connectivity index (χ2v) is 7.98. The van der Waals surface area contributed by atoms with Crippen molar-refractivity contribution in [3.63, 3.8) is 0 Å². The molecule has 1 unspecified atom stereocenters. The maximum Gasteiger partial charge on any atom is 0.242 e. The molecule has 2 aromatic carbocycles. The minimum atomic E-state index is -3.83. The Balaban J connectivity index is 2.14. The second kappa shape index (κ2) is 8.52. The van der Waals surface area contributed by atoms with Crippen molar-refractivity contribution in [1.82, 2.24) is 4.72 Å². The highest BCUT2D eigenvalue weighted by atomic mass is 79.9. The highest BCUT2D eigenvalue weighted by molar-refractivity contribution is 9.10. The van der Waals surface area contributed by atoms with Crippen LogP contribution >= 0.6 is 15.9 Å². The number of carbonyl (C=O) groups is 1. The molecule has 0 saturated carbocycles. The van der Waals surface area contributed by atoms with E-state index in [0.29, 0.717) is 17.2 Å². The van der Waals surface area contributed by atoms with Crippen molar-refractivity contribution in [2.75, 3.05) is 19.5 Å². The van der Waals surface area contributed by atoms with Crippen molar-refractivity contribution >= 4 is 37.5 Å². The van der Waals surface area contributed by atoms with E-state index >= 15 is 0 Å². The average molecular weight is 443 g/mol. The number of anilines is 1. The minimum Gasteiger partial charge on any atom is -0.497 e. The fourth-order valence-corrected chi connectivity index (χ4v) is 3.59. The zero-order chi connectivity index (χ0) is 19.3. The summed E-state index contributed by atoms with van der Waals surface area (Å²) < 4.78 is 38.2. The number of ether oxygens (including phenoxy) is 2. The summed E-state index contributed by atoms with van der Waals surface area (Å²) in [5, 5.41) is 2.64. The quantitative estimate of drug-likeness (QED) is 0.687. The van der Waals surface area contributed by atoms with Gasteiger partial charge in [0.15, 0.2) is 0 Å². The van der Waals surface area contributed by atoms with Gasteiger partial charge in [0.25, 0.3) is 0 Å². The standard InChI is InChI=1S/C17H19BrN2O5S/c1-11(20-26(22,23)14-7-4-12(18)5-8-14)17(21)19-15-10-13(24-2)6-9-16(15)25-3/h4-11,20H,1-3H3,(H,19,21). The molecule has 0 bridgehead atoms. The van der Waals surface area contributed by atoms with Crippen LogP contribution in [0.5, 0.6) is 11.5 Å². The van der Waals surface area contributed by atoms with Crippen LogP contribution in [-0.4, -0.2) is 34.6 Å².